The minimum absolute atomic E-state index is 0.237. The van der Waals surface area contributed by atoms with Crippen molar-refractivity contribution in [3.05, 3.63) is 112 Å². The van der Waals surface area contributed by atoms with Crippen LogP contribution in [0.1, 0.15) is 20.8 Å². The fraction of sp³-hybridized carbons (Fsp3) is 0.216. The second-order valence-electron chi connectivity index (χ2n) is 11.5. The number of ketones is 1. The lowest BCUT2D eigenvalue weighted by molar-refractivity contribution is -0.126. The predicted octanol–water partition coefficient (Wildman–Crippen LogP) is 8.94. The van der Waals surface area contributed by atoms with Gasteiger partial charge in [-0.15, -0.1) is 5.69 Å². The third-order valence-corrected chi connectivity index (χ3v) is 8.74. The van der Waals surface area contributed by atoms with Crippen LogP contribution in [0.25, 0.3) is 16.6 Å². The molecule has 1 heterocycles. The molecule has 11 nitrogen and oxygen atoms in total. The molecule has 2 unspecified atom stereocenters. The molecule has 0 bridgehead atoms. The molecule has 0 radical (unpaired) electrons. The molecule has 0 saturated carbocycles. The summed E-state index contributed by atoms with van der Waals surface area (Å²) >= 11 is 13.3. The zero-order valence-corrected chi connectivity index (χ0v) is 29.5. The largest absolute Gasteiger partial charge is 0.618 e. The van der Waals surface area contributed by atoms with Gasteiger partial charge in [-0.05, 0) is 79.9 Å². The highest BCUT2D eigenvalue weighted by Gasteiger charge is 2.30. The number of anilines is 2. The van der Waals surface area contributed by atoms with E-state index in [0.717, 1.165) is 22.3 Å². The van der Waals surface area contributed by atoms with Crippen LogP contribution in [0.15, 0.2) is 106 Å². The number of carbonyl (C=O) groups excluding carboxylic acids is 3. The van der Waals surface area contributed by atoms with E-state index in [0.29, 0.717) is 40.1 Å². The molecule has 4 aromatic carbocycles. The minimum Gasteiger partial charge on any atom is -0.618 e. The predicted molar refractivity (Wildman–Crippen MR) is 196 cm³/mol. The van der Waals surface area contributed by atoms with Crippen molar-refractivity contribution in [2.24, 2.45) is 10.2 Å². The number of hydrogen-bond donors (Lipinski definition) is 2. The summed E-state index contributed by atoms with van der Waals surface area (Å²) in [5.41, 5.74) is 9.95. The maximum absolute atomic E-state index is 13.5. The number of nitrogens with one attached hydrogen (secondary N) is 2. The van der Waals surface area contributed by atoms with Gasteiger partial charge in [0, 0.05) is 11.6 Å². The summed E-state index contributed by atoms with van der Waals surface area (Å²) < 4.78 is 10.7. The van der Waals surface area contributed by atoms with E-state index in [2.05, 4.69) is 20.9 Å². The number of hydrogen-bond acceptors (Lipinski definition) is 8. The van der Waals surface area contributed by atoms with Gasteiger partial charge in [0.25, 0.3) is 5.91 Å². The molecular weight excluding hydrogens is 679 g/mol. The summed E-state index contributed by atoms with van der Waals surface area (Å²) in [5, 5.41) is 16.1. The van der Waals surface area contributed by atoms with E-state index < -0.39 is 23.8 Å². The van der Waals surface area contributed by atoms with Crippen molar-refractivity contribution in [3.8, 4) is 22.6 Å². The number of nitrogens with zero attached hydrogens (tertiary/aromatic N) is 4. The number of benzene rings is 4. The number of Topliss-reactive ketones (excluding diaryl/α,β-unsaturated/α-hetero) is 1. The highest BCUT2D eigenvalue weighted by molar-refractivity contribution is 6.34. The summed E-state index contributed by atoms with van der Waals surface area (Å²) in [6, 6.07) is 22.5. The van der Waals surface area contributed by atoms with Crippen LogP contribution in [0.5, 0.6) is 11.5 Å². The average molecular weight is 715 g/mol. The van der Waals surface area contributed by atoms with E-state index in [1.54, 1.807) is 78.8 Å². The molecule has 0 fully saturated rings. The van der Waals surface area contributed by atoms with Gasteiger partial charge in [-0.25, -0.2) is 0 Å². The number of carbonyl (C=O) groups is 3. The number of para-hydroxylation sites is 4. The lowest BCUT2D eigenvalue weighted by atomic mass is 10.0. The molecule has 1 aliphatic heterocycles. The van der Waals surface area contributed by atoms with Crippen LogP contribution in [0.2, 0.25) is 10.0 Å². The molecule has 0 aromatic heterocycles. The van der Waals surface area contributed by atoms with Gasteiger partial charge in [0.1, 0.15) is 17.2 Å². The second kappa shape index (κ2) is 16.0. The zero-order chi connectivity index (χ0) is 35.9. The van der Waals surface area contributed by atoms with E-state index in [1.807, 2.05) is 32.0 Å². The SMILES string of the molecule is COc1ccccc1NC(=O)C(N=Nc1ccc(-c2ccc([N-]N3CC(C)=C(C)C3C(=O)Nc3ccccc3OC)c(Cl)c2)cc1Cl)C(C)=O. The number of halogens is 2. The highest BCUT2D eigenvalue weighted by Crippen LogP contribution is 2.40. The molecule has 1 aliphatic rings. The van der Waals surface area contributed by atoms with E-state index >= 15 is 0 Å². The van der Waals surface area contributed by atoms with E-state index in [1.165, 1.54) is 14.0 Å². The third kappa shape index (κ3) is 8.14. The quantitative estimate of drug-likeness (QED) is 0.0855. The Morgan fingerprint density at radius 1 is 0.840 bits per heavy atom. The Bertz CT molecular complexity index is 2000. The fourth-order valence-corrected chi connectivity index (χ4v) is 5.79. The molecule has 5 rings (SSSR count). The van der Waals surface area contributed by atoms with Crippen molar-refractivity contribution in [3.63, 3.8) is 0 Å². The van der Waals surface area contributed by atoms with Crippen LogP contribution < -0.4 is 20.1 Å². The molecule has 2 amide bonds. The van der Waals surface area contributed by atoms with Gasteiger partial charge in [0.15, 0.2) is 5.78 Å². The Kier molecular flexibility index (Phi) is 11.5. The number of rotatable bonds is 12. The molecule has 2 atom stereocenters. The second-order valence-corrected chi connectivity index (χ2v) is 12.3. The van der Waals surface area contributed by atoms with Crippen LogP contribution >= 0.6 is 23.2 Å². The molecule has 4 aromatic rings. The maximum atomic E-state index is 13.5. The monoisotopic (exact) mass is 713 g/mol. The van der Waals surface area contributed by atoms with Gasteiger partial charge in [-0.3, -0.25) is 14.4 Å². The lowest BCUT2D eigenvalue weighted by Crippen LogP contribution is -2.39. The van der Waals surface area contributed by atoms with E-state index in [9.17, 15) is 14.4 Å². The number of amides is 2. The third-order valence-electron chi connectivity index (χ3n) is 8.14. The number of ether oxygens (including phenoxy) is 2. The van der Waals surface area contributed by atoms with Crippen LogP contribution in [-0.4, -0.2) is 55.5 Å². The molecular formula is C37H35Cl2N6O5-. The molecule has 13 heteroatoms. The molecule has 2 N–H and O–H groups in total. The Hall–Kier alpha value is -5.23. The first-order chi connectivity index (χ1) is 24.0. The minimum atomic E-state index is -1.39. The van der Waals surface area contributed by atoms with Crippen LogP contribution in [-0.2, 0) is 14.4 Å². The standard InChI is InChI=1S/C37H36Cl2N6O5/c1-21-20-45(35(22(21)2)37(48)41-31-11-7-9-13-33(31)50-5)44-29-17-15-25(19-27(29)39)24-14-16-28(26(38)18-24)42-43-34(23(3)46)36(47)40-30-10-6-8-12-32(30)49-4/h6-19,34-35H,20H2,1-5H3,(H3,40,41,43,44,47,48)/p-1. The van der Waals surface area contributed by atoms with Crippen molar-refractivity contribution in [1.29, 1.82) is 0 Å². The van der Waals surface area contributed by atoms with Gasteiger partial charge < -0.3 is 30.5 Å². The summed E-state index contributed by atoms with van der Waals surface area (Å²) in [7, 11) is 3.03. The zero-order valence-electron chi connectivity index (χ0n) is 28.0. The fourth-order valence-electron chi connectivity index (χ4n) is 5.35. The lowest BCUT2D eigenvalue weighted by Gasteiger charge is -2.40. The van der Waals surface area contributed by atoms with E-state index in [-0.39, 0.29) is 16.6 Å². The van der Waals surface area contributed by atoms with Gasteiger partial charge in [-0.1, -0.05) is 71.2 Å². The Labute approximate surface area is 300 Å². The highest BCUT2D eigenvalue weighted by atomic mass is 35.5. The summed E-state index contributed by atoms with van der Waals surface area (Å²) in [6.45, 7) is 5.62. The summed E-state index contributed by atoms with van der Waals surface area (Å²) in [6.07, 6.45) is 0. The van der Waals surface area contributed by atoms with Crippen molar-refractivity contribution in [2.75, 3.05) is 31.4 Å². The molecule has 0 spiro atoms. The summed E-state index contributed by atoms with van der Waals surface area (Å²) in [5.74, 6) is -0.387. The number of methoxy groups -OCH3 is 2. The van der Waals surface area contributed by atoms with Crippen molar-refractivity contribution in [1.82, 2.24) is 5.01 Å². The van der Waals surface area contributed by atoms with Crippen LogP contribution in [0, 0.1) is 0 Å². The van der Waals surface area contributed by atoms with Crippen LogP contribution in [0.4, 0.5) is 22.7 Å². The Morgan fingerprint density at radius 2 is 1.42 bits per heavy atom. The molecule has 0 aliphatic carbocycles. The first-order valence-corrected chi connectivity index (χ1v) is 16.3. The smallest absolute Gasteiger partial charge is 0.258 e. The van der Waals surface area contributed by atoms with Gasteiger partial charge in [0.2, 0.25) is 11.9 Å². The molecule has 50 heavy (non-hydrogen) atoms. The Morgan fingerprint density at radius 3 is 2.00 bits per heavy atom. The van der Waals surface area contributed by atoms with Gasteiger partial charge in [-0.2, -0.15) is 10.2 Å². The number of azo groups is 1. The maximum Gasteiger partial charge on any atom is 0.258 e. The van der Waals surface area contributed by atoms with E-state index in [4.69, 9.17) is 38.1 Å². The van der Waals surface area contributed by atoms with Crippen molar-refractivity contribution < 1.29 is 23.9 Å². The van der Waals surface area contributed by atoms with Crippen molar-refractivity contribution >= 4 is 63.5 Å². The van der Waals surface area contributed by atoms with Gasteiger partial charge >= 0.3 is 0 Å². The summed E-state index contributed by atoms with van der Waals surface area (Å²) in [4.78, 5) is 38.7. The normalized spacial score (nSPS) is 15.1. The average Bonchev–Trinajstić information content (AvgIpc) is 3.38. The first kappa shape index (κ1) is 36.1. The van der Waals surface area contributed by atoms with Crippen molar-refractivity contribution in [2.45, 2.75) is 32.9 Å². The van der Waals surface area contributed by atoms with Crippen LogP contribution in [0.3, 0.4) is 0 Å². The first-order valence-electron chi connectivity index (χ1n) is 15.5. The Balaban J connectivity index is 1.28. The molecule has 0 saturated heterocycles. The molecule has 258 valence electrons. The van der Waals surface area contributed by atoms with Gasteiger partial charge in [0.05, 0.1) is 36.7 Å². The topological polar surface area (TPSA) is 136 Å².